The first-order valence-corrected chi connectivity index (χ1v) is 7.21. The summed E-state index contributed by atoms with van der Waals surface area (Å²) < 4.78 is 0. The van der Waals surface area contributed by atoms with Crippen LogP contribution in [0, 0.1) is 0 Å². The predicted molar refractivity (Wildman–Crippen MR) is 85.5 cm³/mol. The first-order valence-electron chi connectivity index (χ1n) is 6.83. The van der Waals surface area contributed by atoms with E-state index in [0.29, 0.717) is 6.04 Å². The molecule has 3 aromatic carbocycles. The maximum Gasteiger partial charge on any atom is 0.0555 e. The van der Waals surface area contributed by atoms with Crippen molar-refractivity contribution in [3.05, 3.63) is 76.8 Å². The highest BCUT2D eigenvalue weighted by molar-refractivity contribution is 6.30. The number of halogens is 1. The number of benzene rings is 3. The molecule has 1 nitrogen and oxygen atoms in total. The number of anilines is 1. The van der Waals surface area contributed by atoms with Gasteiger partial charge < -0.3 is 5.32 Å². The summed E-state index contributed by atoms with van der Waals surface area (Å²) in [6.07, 6.45) is 1.01. The maximum atomic E-state index is 6.09. The normalized spacial score (nSPS) is 16.9. The van der Waals surface area contributed by atoms with Gasteiger partial charge in [0.15, 0.2) is 0 Å². The van der Waals surface area contributed by atoms with E-state index in [1.54, 1.807) is 0 Å². The van der Waals surface area contributed by atoms with E-state index < -0.39 is 0 Å². The van der Waals surface area contributed by atoms with Crippen molar-refractivity contribution in [1.29, 1.82) is 0 Å². The first kappa shape index (κ1) is 11.8. The molecule has 0 saturated carbocycles. The van der Waals surface area contributed by atoms with Crippen molar-refractivity contribution in [2.24, 2.45) is 0 Å². The van der Waals surface area contributed by atoms with Crippen LogP contribution < -0.4 is 5.32 Å². The van der Waals surface area contributed by atoms with Crippen molar-refractivity contribution >= 4 is 28.1 Å². The second-order valence-electron chi connectivity index (χ2n) is 5.31. The molecule has 1 atom stereocenters. The highest BCUT2D eigenvalue weighted by atomic mass is 35.5. The van der Waals surface area contributed by atoms with Crippen molar-refractivity contribution in [3.63, 3.8) is 0 Å². The molecule has 1 N–H and O–H groups in total. The van der Waals surface area contributed by atoms with E-state index in [-0.39, 0.29) is 0 Å². The van der Waals surface area contributed by atoms with Crippen LogP contribution in [0.5, 0.6) is 0 Å². The number of hydrogen-bond acceptors (Lipinski definition) is 1. The lowest BCUT2D eigenvalue weighted by atomic mass is 10.0. The summed E-state index contributed by atoms with van der Waals surface area (Å²) in [4.78, 5) is 0. The molecule has 1 heterocycles. The van der Waals surface area contributed by atoms with E-state index >= 15 is 0 Å². The van der Waals surface area contributed by atoms with Crippen LogP contribution in [-0.2, 0) is 6.42 Å². The van der Waals surface area contributed by atoms with E-state index in [9.17, 15) is 0 Å². The lowest BCUT2D eigenvalue weighted by Gasteiger charge is -2.11. The van der Waals surface area contributed by atoms with Gasteiger partial charge in [-0.2, -0.15) is 0 Å². The van der Waals surface area contributed by atoms with Crippen LogP contribution in [0.25, 0.3) is 10.8 Å². The SMILES string of the molecule is Clc1cccc(C2Cc3cc4ccccc4cc3N2)c1. The van der Waals surface area contributed by atoms with Gasteiger partial charge in [-0.25, -0.2) is 0 Å². The molecule has 0 fully saturated rings. The molecule has 0 spiro atoms. The fourth-order valence-electron chi connectivity index (χ4n) is 2.97. The summed E-state index contributed by atoms with van der Waals surface area (Å²) in [5, 5.41) is 7.00. The molecular formula is C18H14ClN. The highest BCUT2D eigenvalue weighted by Crippen LogP contribution is 2.37. The Bertz CT molecular complexity index is 750. The fourth-order valence-corrected chi connectivity index (χ4v) is 3.17. The standard InChI is InChI=1S/C18H14ClN/c19-16-7-3-6-14(9-16)17-11-15-8-12-4-1-2-5-13(12)10-18(15)20-17/h1-10,17,20H,11H2. The molecule has 1 unspecified atom stereocenters. The van der Waals surface area contributed by atoms with Crippen LogP contribution in [0.3, 0.4) is 0 Å². The van der Waals surface area contributed by atoms with Gasteiger partial charge in [-0.3, -0.25) is 0 Å². The predicted octanol–water partition coefficient (Wildman–Crippen LogP) is 5.20. The quantitative estimate of drug-likeness (QED) is 0.645. The second kappa shape index (κ2) is 4.53. The lowest BCUT2D eigenvalue weighted by molar-refractivity contribution is 0.824. The van der Waals surface area contributed by atoms with Gasteiger partial charge in [0.2, 0.25) is 0 Å². The van der Waals surface area contributed by atoms with Gasteiger partial charge >= 0.3 is 0 Å². The molecule has 0 saturated heterocycles. The molecule has 0 aliphatic carbocycles. The van der Waals surface area contributed by atoms with E-state index in [1.807, 2.05) is 18.2 Å². The monoisotopic (exact) mass is 279 g/mol. The summed E-state index contributed by atoms with van der Waals surface area (Å²) in [6, 6.07) is 21.5. The molecule has 1 aliphatic rings. The number of nitrogens with one attached hydrogen (secondary N) is 1. The third kappa shape index (κ3) is 1.95. The zero-order valence-corrected chi connectivity index (χ0v) is 11.7. The lowest BCUT2D eigenvalue weighted by Crippen LogP contribution is -2.05. The molecule has 0 amide bonds. The summed E-state index contributed by atoms with van der Waals surface area (Å²) in [5.74, 6) is 0. The molecule has 2 heteroatoms. The Labute approximate surface area is 123 Å². The Kier molecular flexibility index (Phi) is 2.68. The number of fused-ring (bicyclic) bond motifs is 2. The molecule has 0 aromatic heterocycles. The first-order chi connectivity index (χ1) is 9.79. The summed E-state index contributed by atoms with van der Waals surface area (Å²) in [7, 11) is 0. The van der Waals surface area contributed by atoms with Gasteiger partial charge in [-0.15, -0.1) is 0 Å². The molecule has 0 bridgehead atoms. The molecule has 20 heavy (non-hydrogen) atoms. The van der Waals surface area contributed by atoms with Crippen molar-refractivity contribution < 1.29 is 0 Å². The van der Waals surface area contributed by atoms with Crippen LogP contribution in [0.15, 0.2) is 60.7 Å². The Hall–Kier alpha value is -1.99. The molecule has 4 rings (SSSR count). The van der Waals surface area contributed by atoms with Gasteiger partial charge in [0.1, 0.15) is 0 Å². The van der Waals surface area contributed by atoms with Gasteiger partial charge in [0.05, 0.1) is 6.04 Å². The average molecular weight is 280 g/mol. The highest BCUT2D eigenvalue weighted by Gasteiger charge is 2.22. The minimum Gasteiger partial charge on any atom is -0.378 e. The largest absolute Gasteiger partial charge is 0.378 e. The van der Waals surface area contributed by atoms with Gasteiger partial charge in [0.25, 0.3) is 0 Å². The topological polar surface area (TPSA) is 12.0 Å². The van der Waals surface area contributed by atoms with Crippen molar-refractivity contribution in [3.8, 4) is 0 Å². The zero-order valence-electron chi connectivity index (χ0n) is 10.9. The Morgan fingerprint density at radius 2 is 1.70 bits per heavy atom. The number of rotatable bonds is 1. The van der Waals surface area contributed by atoms with Crippen molar-refractivity contribution in [1.82, 2.24) is 0 Å². The van der Waals surface area contributed by atoms with Crippen LogP contribution >= 0.6 is 11.6 Å². The third-order valence-electron chi connectivity index (χ3n) is 3.98. The smallest absolute Gasteiger partial charge is 0.0555 e. The molecular weight excluding hydrogens is 266 g/mol. The minimum absolute atomic E-state index is 0.320. The van der Waals surface area contributed by atoms with Gasteiger partial charge in [-0.1, -0.05) is 48.0 Å². The Morgan fingerprint density at radius 1 is 0.900 bits per heavy atom. The van der Waals surface area contributed by atoms with E-state index in [0.717, 1.165) is 11.4 Å². The van der Waals surface area contributed by atoms with Crippen molar-refractivity contribution in [2.45, 2.75) is 12.5 Å². The summed E-state index contributed by atoms with van der Waals surface area (Å²) in [6.45, 7) is 0. The van der Waals surface area contributed by atoms with Crippen LogP contribution in [-0.4, -0.2) is 0 Å². The molecule has 1 aliphatic heterocycles. The Morgan fingerprint density at radius 3 is 2.50 bits per heavy atom. The fraction of sp³-hybridized carbons (Fsp3) is 0.111. The third-order valence-corrected chi connectivity index (χ3v) is 4.21. The van der Waals surface area contributed by atoms with E-state index in [1.165, 1.54) is 27.6 Å². The Balaban J connectivity index is 1.74. The van der Waals surface area contributed by atoms with Crippen LogP contribution in [0.1, 0.15) is 17.2 Å². The van der Waals surface area contributed by atoms with E-state index in [4.69, 9.17) is 11.6 Å². The van der Waals surface area contributed by atoms with Crippen LogP contribution in [0.4, 0.5) is 5.69 Å². The van der Waals surface area contributed by atoms with Crippen LogP contribution in [0.2, 0.25) is 5.02 Å². The minimum atomic E-state index is 0.320. The average Bonchev–Trinajstić information content (AvgIpc) is 2.87. The van der Waals surface area contributed by atoms with Gasteiger partial charge in [0, 0.05) is 10.7 Å². The zero-order chi connectivity index (χ0) is 13.5. The van der Waals surface area contributed by atoms with E-state index in [2.05, 4.69) is 47.8 Å². The second-order valence-corrected chi connectivity index (χ2v) is 5.75. The molecule has 0 radical (unpaired) electrons. The summed E-state index contributed by atoms with van der Waals surface area (Å²) >= 11 is 6.09. The van der Waals surface area contributed by atoms with Gasteiger partial charge in [-0.05, 0) is 52.6 Å². The summed E-state index contributed by atoms with van der Waals surface area (Å²) in [5.41, 5.74) is 3.88. The molecule has 98 valence electrons. The maximum absolute atomic E-state index is 6.09. The van der Waals surface area contributed by atoms with Crippen molar-refractivity contribution in [2.75, 3.05) is 5.32 Å². The number of hydrogen-bond donors (Lipinski definition) is 1. The molecule has 3 aromatic rings.